The average molecular weight is 324 g/mol. The van der Waals surface area contributed by atoms with Gasteiger partial charge in [-0.15, -0.1) is 0 Å². The Labute approximate surface area is 143 Å². The lowest BCUT2D eigenvalue weighted by molar-refractivity contribution is 0.187. The van der Waals surface area contributed by atoms with Crippen LogP contribution in [0.1, 0.15) is 25.3 Å². The van der Waals surface area contributed by atoms with Crippen LogP contribution in [0.5, 0.6) is 11.5 Å². The van der Waals surface area contributed by atoms with E-state index in [1.165, 1.54) is 12.8 Å². The molecule has 0 bridgehead atoms. The van der Waals surface area contributed by atoms with E-state index in [1.54, 1.807) is 0 Å². The highest BCUT2D eigenvalue weighted by atomic mass is 16.5. The van der Waals surface area contributed by atoms with Gasteiger partial charge in [0.25, 0.3) is 0 Å². The van der Waals surface area contributed by atoms with E-state index in [4.69, 9.17) is 4.74 Å². The average Bonchev–Trinajstić information content (AvgIpc) is 3.45. The summed E-state index contributed by atoms with van der Waals surface area (Å²) in [5, 5.41) is 2.98. The lowest BCUT2D eigenvalue weighted by Gasteiger charge is -2.25. The number of rotatable bonds is 6. The second kappa shape index (κ2) is 7.39. The molecule has 1 aliphatic carbocycles. The summed E-state index contributed by atoms with van der Waals surface area (Å²) in [6.07, 6.45) is 2.47. The van der Waals surface area contributed by atoms with E-state index in [9.17, 15) is 4.79 Å². The molecule has 1 unspecified atom stereocenters. The first kappa shape index (κ1) is 16.4. The van der Waals surface area contributed by atoms with Gasteiger partial charge in [0.1, 0.15) is 11.5 Å². The fraction of sp³-hybridized carbons (Fsp3) is 0.350. The van der Waals surface area contributed by atoms with Crippen molar-refractivity contribution in [2.45, 2.75) is 32.4 Å². The molecule has 1 aliphatic rings. The smallest absolute Gasteiger partial charge is 0.317 e. The van der Waals surface area contributed by atoms with Crippen LogP contribution >= 0.6 is 0 Å². The van der Waals surface area contributed by atoms with Gasteiger partial charge in [0, 0.05) is 19.6 Å². The molecule has 1 atom stereocenters. The Morgan fingerprint density at radius 1 is 1.17 bits per heavy atom. The summed E-state index contributed by atoms with van der Waals surface area (Å²) >= 11 is 0. The molecule has 0 heterocycles. The Balaban J connectivity index is 1.55. The Bertz CT molecular complexity index is 683. The minimum absolute atomic E-state index is 0.0243. The molecule has 0 spiro atoms. The number of nitrogens with one attached hydrogen (secondary N) is 1. The molecule has 126 valence electrons. The van der Waals surface area contributed by atoms with E-state index < -0.39 is 0 Å². The highest BCUT2D eigenvalue weighted by Gasteiger charge is 2.32. The van der Waals surface area contributed by atoms with Gasteiger partial charge >= 0.3 is 6.03 Å². The summed E-state index contributed by atoms with van der Waals surface area (Å²) in [5.41, 5.74) is 1.02. The highest BCUT2D eigenvalue weighted by Crippen LogP contribution is 2.34. The van der Waals surface area contributed by atoms with Crippen LogP contribution in [0.25, 0.3) is 0 Å². The van der Waals surface area contributed by atoms with Crippen molar-refractivity contribution in [2.24, 2.45) is 5.92 Å². The number of carbonyl (C=O) groups is 1. The number of para-hydroxylation sites is 1. The topological polar surface area (TPSA) is 41.6 Å². The zero-order valence-electron chi connectivity index (χ0n) is 14.2. The maximum absolute atomic E-state index is 12.2. The normalized spacial score (nSPS) is 14.8. The molecule has 24 heavy (non-hydrogen) atoms. The van der Waals surface area contributed by atoms with E-state index in [0.29, 0.717) is 18.5 Å². The van der Waals surface area contributed by atoms with Gasteiger partial charge in [-0.1, -0.05) is 30.3 Å². The number of amides is 2. The van der Waals surface area contributed by atoms with Crippen LogP contribution in [0, 0.1) is 5.92 Å². The molecule has 1 N–H and O–H groups in total. The minimum Gasteiger partial charge on any atom is -0.457 e. The SMILES string of the molecule is CC(C1CC1)N(C)C(=O)NCc1cccc(Oc2ccccc2)c1. The van der Waals surface area contributed by atoms with Crippen LogP contribution in [0.4, 0.5) is 4.79 Å². The molecule has 2 amide bonds. The molecule has 4 nitrogen and oxygen atoms in total. The molecule has 3 rings (SSSR count). The first-order valence-electron chi connectivity index (χ1n) is 8.46. The summed E-state index contributed by atoms with van der Waals surface area (Å²) in [7, 11) is 1.87. The maximum Gasteiger partial charge on any atom is 0.317 e. The highest BCUT2D eigenvalue weighted by molar-refractivity contribution is 5.74. The Hall–Kier alpha value is -2.49. The van der Waals surface area contributed by atoms with Crippen molar-refractivity contribution >= 4 is 6.03 Å². The van der Waals surface area contributed by atoms with E-state index in [1.807, 2.05) is 66.5 Å². The quantitative estimate of drug-likeness (QED) is 0.854. The van der Waals surface area contributed by atoms with E-state index in [2.05, 4.69) is 12.2 Å². The van der Waals surface area contributed by atoms with Crippen molar-refractivity contribution < 1.29 is 9.53 Å². The molecule has 0 saturated heterocycles. The van der Waals surface area contributed by atoms with Crippen LogP contribution in [-0.4, -0.2) is 24.0 Å². The van der Waals surface area contributed by atoms with Crippen molar-refractivity contribution in [3.05, 3.63) is 60.2 Å². The van der Waals surface area contributed by atoms with Crippen molar-refractivity contribution in [3.8, 4) is 11.5 Å². The number of hydrogen-bond acceptors (Lipinski definition) is 2. The maximum atomic E-state index is 12.2. The number of nitrogens with zero attached hydrogens (tertiary/aromatic N) is 1. The molecule has 4 heteroatoms. The van der Waals surface area contributed by atoms with Gasteiger partial charge in [0.05, 0.1) is 0 Å². The minimum atomic E-state index is -0.0243. The number of benzene rings is 2. The van der Waals surface area contributed by atoms with Crippen LogP contribution < -0.4 is 10.1 Å². The Kier molecular flexibility index (Phi) is 5.04. The fourth-order valence-electron chi connectivity index (χ4n) is 2.73. The summed E-state index contributed by atoms with van der Waals surface area (Å²) in [4.78, 5) is 14.1. The number of hydrogen-bond donors (Lipinski definition) is 1. The summed E-state index contributed by atoms with van der Waals surface area (Å²) in [6.45, 7) is 2.61. The van der Waals surface area contributed by atoms with E-state index in [0.717, 1.165) is 17.1 Å². The monoisotopic (exact) mass is 324 g/mol. The first-order valence-corrected chi connectivity index (χ1v) is 8.46. The van der Waals surface area contributed by atoms with Gasteiger partial charge in [-0.25, -0.2) is 4.79 Å². The van der Waals surface area contributed by atoms with Crippen LogP contribution in [0.15, 0.2) is 54.6 Å². The second-order valence-electron chi connectivity index (χ2n) is 6.41. The second-order valence-corrected chi connectivity index (χ2v) is 6.41. The molecule has 1 fully saturated rings. The Morgan fingerprint density at radius 3 is 2.58 bits per heavy atom. The standard InChI is InChI=1S/C20H24N2O2/c1-15(17-11-12-17)22(2)20(23)21-14-16-7-6-10-19(13-16)24-18-8-4-3-5-9-18/h3-10,13,15,17H,11-12,14H2,1-2H3,(H,21,23). The molecule has 0 aliphatic heterocycles. The number of urea groups is 1. The Morgan fingerprint density at radius 2 is 1.88 bits per heavy atom. The predicted molar refractivity (Wildman–Crippen MR) is 95.1 cm³/mol. The fourth-order valence-corrected chi connectivity index (χ4v) is 2.73. The molecule has 0 radical (unpaired) electrons. The summed E-state index contributed by atoms with van der Waals surface area (Å²) in [6, 6.07) is 17.8. The van der Waals surface area contributed by atoms with Gasteiger partial charge in [0.2, 0.25) is 0 Å². The van der Waals surface area contributed by atoms with Crippen LogP contribution in [0.3, 0.4) is 0 Å². The predicted octanol–water partition coefficient (Wildman–Crippen LogP) is 4.42. The third kappa shape index (κ3) is 4.28. The number of carbonyl (C=O) groups excluding carboxylic acids is 1. The lowest BCUT2D eigenvalue weighted by atomic mass is 10.2. The van der Waals surface area contributed by atoms with Gasteiger partial charge in [-0.3, -0.25) is 0 Å². The molecular weight excluding hydrogens is 300 g/mol. The first-order chi connectivity index (χ1) is 11.6. The molecular formula is C20H24N2O2. The third-order valence-corrected chi connectivity index (χ3v) is 4.56. The zero-order chi connectivity index (χ0) is 16.9. The van der Waals surface area contributed by atoms with E-state index in [-0.39, 0.29) is 6.03 Å². The molecule has 1 saturated carbocycles. The summed E-state index contributed by atoms with van der Waals surface area (Å²) in [5.74, 6) is 2.24. The summed E-state index contributed by atoms with van der Waals surface area (Å²) < 4.78 is 5.83. The van der Waals surface area contributed by atoms with Gasteiger partial charge in [-0.2, -0.15) is 0 Å². The third-order valence-electron chi connectivity index (χ3n) is 4.56. The van der Waals surface area contributed by atoms with Gasteiger partial charge in [0.15, 0.2) is 0 Å². The van der Waals surface area contributed by atoms with Crippen molar-refractivity contribution in [1.82, 2.24) is 10.2 Å². The van der Waals surface area contributed by atoms with Crippen LogP contribution in [0.2, 0.25) is 0 Å². The number of ether oxygens (including phenoxy) is 1. The van der Waals surface area contributed by atoms with Gasteiger partial charge in [-0.05, 0) is 55.5 Å². The van der Waals surface area contributed by atoms with Crippen molar-refractivity contribution in [1.29, 1.82) is 0 Å². The van der Waals surface area contributed by atoms with Crippen molar-refractivity contribution in [2.75, 3.05) is 7.05 Å². The molecule has 2 aromatic rings. The van der Waals surface area contributed by atoms with E-state index >= 15 is 0 Å². The van der Waals surface area contributed by atoms with Crippen molar-refractivity contribution in [3.63, 3.8) is 0 Å². The lowest BCUT2D eigenvalue weighted by Crippen LogP contribution is -2.42. The zero-order valence-corrected chi connectivity index (χ0v) is 14.2. The van der Waals surface area contributed by atoms with Gasteiger partial charge < -0.3 is 15.0 Å². The molecule has 0 aromatic heterocycles. The molecule has 2 aromatic carbocycles. The van der Waals surface area contributed by atoms with Crippen LogP contribution in [-0.2, 0) is 6.54 Å². The largest absolute Gasteiger partial charge is 0.457 e.